The zero-order valence-corrected chi connectivity index (χ0v) is 15.4. The Morgan fingerprint density at radius 1 is 0.885 bits per heavy atom. The fourth-order valence-electron chi connectivity index (χ4n) is 2.85. The predicted molar refractivity (Wildman–Crippen MR) is 108 cm³/mol. The molecule has 26 heavy (non-hydrogen) atoms. The van der Waals surface area contributed by atoms with Crippen LogP contribution in [-0.4, -0.2) is 20.0 Å². The van der Waals surface area contributed by atoms with Gasteiger partial charge in [-0.2, -0.15) is 0 Å². The summed E-state index contributed by atoms with van der Waals surface area (Å²) in [6.45, 7) is 2.87. The molecule has 0 atom stereocenters. The average molecular weight is 358 g/mol. The van der Waals surface area contributed by atoms with E-state index in [2.05, 4.69) is 84.0 Å². The fraction of sp³-hybridized carbons (Fsp3) is 0.0952. The summed E-state index contributed by atoms with van der Waals surface area (Å²) in [4.78, 5) is 4.72. The molecule has 128 valence electrons. The standard InChI is InChI=1S/C21H19N4P/c1-2-25-16-20(23-24-25)17-13-14-22-21(15-17)26(18-9-5-3-6-10-18)19-11-7-4-8-12-19/h3-16H,2H2,1H3. The molecule has 2 heterocycles. The van der Waals surface area contributed by atoms with E-state index in [1.54, 1.807) is 0 Å². The maximum atomic E-state index is 4.72. The third kappa shape index (κ3) is 3.42. The van der Waals surface area contributed by atoms with E-state index in [9.17, 15) is 0 Å². The van der Waals surface area contributed by atoms with Gasteiger partial charge in [-0.15, -0.1) is 5.10 Å². The van der Waals surface area contributed by atoms with Gasteiger partial charge < -0.3 is 0 Å². The molecule has 0 bridgehead atoms. The molecule has 0 aliphatic carbocycles. The van der Waals surface area contributed by atoms with Crippen LogP contribution in [0.2, 0.25) is 0 Å². The van der Waals surface area contributed by atoms with E-state index in [1.165, 1.54) is 10.6 Å². The number of aromatic nitrogens is 4. The summed E-state index contributed by atoms with van der Waals surface area (Å²) in [5.41, 5.74) is 3.00. The second kappa shape index (κ2) is 7.59. The first-order valence-corrected chi connectivity index (χ1v) is 9.96. The maximum Gasteiger partial charge on any atom is 0.113 e. The van der Waals surface area contributed by atoms with Crippen molar-refractivity contribution in [3.63, 3.8) is 0 Å². The van der Waals surface area contributed by atoms with E-state index >= 15 is 0 Å². The first-order chi connectivity index (χ1) is 12.8. The van der Waals surface area contributed by atoms with Crippen LogP contribution in [0.15, 0.2) is 85.2 Å². The molecule has 0 aliphatic heterocycles. The maximum absolute atomic E-state index is 4.72. The number of pyridine rings is 1. The van der Waals surface area contributed by atoms with E-state index in [0.29, 0.717) is 0 Å². The van der Waals surface area contributed by atoms with Crippen molar-refractivity contribution in [3.8, 4) is 11.3 Å². The monoisotopic (exact) mass is 358 g/mol. The Labute approximate surface area is 154 Å². The van der Waals surface area contributed by atoms with Crippen LogP contribution in [0.4, 0.5) is 0 Å². The number of hydrogen-bond acceptors (Lipinski definition) is 3. The highest BCUT2D eigenvalue weighted by Gasteiger charge is 2.18. The fourth-order valence-corrected chi connectivity index (χ4v) is 5.07. The molecule has 2 aromatic heterocycles. The lowest BCUT2D eigenvalue weighted by Gasteiger charge is -2.18. The predicted octanol–water partition coefficient (Wildman–Crippen LogP) is 3.12. The second-order valence-electron chi connectivity index (χ2n) is 5.87. The molecule has 0 fully saturated rings. The van der Waals surface area contributed by atoms with Gasteiger partial charge in [-0.05, 0) is 29.7 Å². The van der Waals surface area contributed by atoms with Crippen molar-refractivity contribution in [2.75, 3.05) is 0 Å². The molecule has 0 amide bonds. The summed E-state index contributed by atoms with van der Waals surface area (Å²) in [7, 11) is -0.715. The van der Waals surface area contributed by atoms with Gasteiger partial charge in [-0.3, -0.25) is 9.67 Å². The van der Waals surface area contributed by atoms with Crippen molar-refractivity contribution in [1.29, 1.82) is 0 Å². The van der Waals surface area contributed by atoms with Crippen molar-refractivity contribution < 1.29 is 0 Å². The molecule has 0 aliphatic rings. The Morgan fingerprint density at radius 2 is 1.54 bits per heavy atom. The number of nitrogens with zero attached hydrogens (tertiary/aromatic N) is 4. The second-order valence-corrected chi connectivity index (χ2v) is 8.03. The lowest BCUT2D eigenvalue weighted by atomic mass is 10.2. The van der Waals surface area contributed by atoms with Crippen molar-refractivity contribution in [1.82, 2.24) is 20.0 Å². The van der Waals surface area contributed by atoms with Crippen molar-refractivity contribution >= 4 is 24.0 Å². The smallest absolute Gasteiger partial charge is 0.113 e. The topological polar surface area (TPSA) is 43.6 Å². The molecule has 4 rings (SSSR count). The lowest BCUT2D eigenvalue weighted by Crippen LogP contribution is -2.22. The van der Waals surface area contributed by atoms with Gasteiger partial charge in [0.15, 0.2) is 0 Å². The first-order valence-electron chi connectivity index (χ1n) is 8.62. The Bertz CT molecular complexity index is 944. The summed E-state index contributed by atoms with van der Waals surface area (Å²) >= 11 is 0. The zero-order valence-electron chi connectivity index (χ0n) is 14.5. The largest absolute Gasteiger partial charge is 0.256 e. The summed E-state index contributed by atoms with van der Waals surface area (Å²) in [6, 6.07) is 25.3. The SMILES string of the molecule is CCn1cc(-c2ccnc(P(c3ccccc3)c3ccccc3)c2)nn1. The van der Waals surface area contributed by atoms with Gasteiger partial charge in [-0.25, -0.2) is 0 Å². The molecule has 5 heteroatoms. The van der Waals surface area contributed by atoms with E-state index < -0.39 is 7.92 Å². The third-order valence-electron chi connectivity index (χ3n) is 4.16. The highest BCUT2D eigenvalue weighted by molar-refractivity contribution is 7.79. The summed E-state index contributed by atoms with van der Waals surface area (Å²) in [6.07, 6.45) is 3.85. The van der Waals surface area contributed by atoms with Crippen LogP contribution >= 0.6 is 7.92 Å². The minimum absolute atomic E-state index is 0.715. The minimum Gasteiger partial charge on any atom is -0.256 e. The Hall–Kier alpha value is -2.84. The number of hydrogen-bond donors (Lipinski definition) is 0. The zero-order chi connectivity index (χ0) is 17.8. The van der Waals surface area contributed by atoms with E-state index in [-0.39, 0.29) is 0 Å². The molecular formula is C21H19N4P. The minimum atomic E-state index is -0.715. The first kappa shape index (κ1) is 16.6. The van der Waals surface area contributed by atoms with E-state index in [4.69, 9.17) is 4.98 Å². The van der Waals surface area contributed by atoms with Gasteiger partial charge >= 0.3 is 0 Å². The molecule has 0 unspecified atom stereocenters. The molecule has 0 saturated carbocycles. The molecule has 0 N–H and O–H groups in total. The van der Waals surface area contributed by atoms with Crippen molar-refractivity contribution in [2.24, 2.45) is 0 Å². The van der Waals surface area contributed by atoms with Crippen LogP contribution in [0.1, 0.15) is 6.92 Å². The highest BCUT2D eigenvalue weighted by atomic mass is 31.1. The summed E-state index contributed by atoms with van der Waals surface area (Å²) in [5, 5.41) is 11.0. The Balaban J connectivity index is 1.80. The van der Waals surface area contributed by atoms with Gasteiger partial charge in [-0.1, -0.05) is 65.9 Å². The number of rotatable bonds is 5. The quantitative estimate of drug-likeness (QED) is 0.515. The third-order valence-corrected chi connectivity index (χ3v) is 6.49. The van der Waals surface area contributed by atoms with Gasteiger partial charge in [0.25, 0.3) is 0 Å². The van der Waals surface area contributed by atoms with Crippen LogP contribution in [0.5, 0.6) is 0 Å². The van der Waals surface area contributed by atoms with Crippen LogP contribution in [0.25, 0.3) is 11.3 Å². The van der Waals surface area contributed by atoms with Crippen LogP contribution in [-0.2, 0) is 6.54 Å². The van der Waals surface area contributed by atoms with Gasteiger partial charge in [0.1, 0.15) is 5.69 Å². The van der Waals surface area contributed by atoms with Crippen LogP contribution in [0, 0.1) is 0 Å². The number of aryl methyl sites for hydroxylation is 1. The molecule has 4 nitrogen and oxygen atoms in total. The van der Waals surface area contributed by atoms with Crippen molar-refractivity contribution in [3.05, 3.63) is 85.2 Å². The van der Waals surface area contributed by atoms with Gasteiger partial charge in [0, 0.05) is 26.2 Å². The van der Waals surface area contributed by atoms with Crippen molar-refractivity contribution in [2.45, 2.75) is 13.5 Å². The molecule has 0 radical (unpaired) electrons. The highest BCUT2D eigenvalue weighted by Crippen LogP contribution is 2.32. The number of benzene rings is 2. The van der Waals surface area contributed by atoms with E-state index in [1.807, 2.05) is 23.1 Å². The Kier molecular flexibility index (Phi) is 4.85. The lowest BCUT2D eigenvalue weighted by molar-refractivity contribution is 0.627. The Morgan fingerprint density at radius 3 is 2.12 bits per heavy atom. The van der Waals surface area contributed by atoms with Crippen LogP contribution < -0.4 is 16.0 Å². The molecular weight excluding hydrogens is 339 g/mol. The van der Waals surface area contributed by atoms with Gasteiger partial charge in [0.2, 0.25) is 0 Å². The molecule has 2 aromatic carbocycles. The normalized spacial score (nSPS) is 11.0. The average Bonchev–Trinajstić information content (AvgIpc) is 3.20. The van der Waals surface area contributed by atoms with Crippen LogP contribution in [0.3, 0.4) is 0 Å². The summed E-state index contributed by atoms with van der Waals surface area (Å²) < 4.78 is 1.84. The molecule has 0 spiro atoms. The van der Waals surface area contributed by atoms with Gasteiger partial charge in [0.05, 0.1) is 11.6 Å². The molecule has 0 saturated heterocycles. The molecule has 4 aromatic rings. The van der Waals surface area contributed by atoms with E-state index in [0.717, 1.165) is 23.2 Å². The summed E-state index contributed by atoms with van der Waals surface area (Å²) in [5.74, 6) is 0.